The first-order valence-corrected chi connectivity index (χ1v) is 18.1. The Labute approximate surface area is 275 Å². The van der Waals surface area contributed by atoms with Crippen LogP contribution in [0.15, 0.2) is 4.76 Å². The third-order valence-corrected chi connectivity index (χ3v) is 8.35. The zero-order chi connectivity index (χ0) is 35.1. The first kappa shape index (κ1) is 43.4. The summed E-state index contributed by atoms with van der Waals surface area (Å²) in [4.78, 5) is 37.5. The number of ether oxygens (including phenoxy) is 4. The summed E-state index contributed by atoms with van der Waals surface area (Å²) in [6.45, 7) is 12.4. The van der Waals surface area contributed by atoms with Crippen LogP contribution in [0.5, 0.6) is 0 Å². The summed E-state index contributed by atoms with van der Waals surface area (Å²) in [5.74, 6) is -2.84. The van der Waals surface area contributed by atoms with Gasteiger partial charge in [0.1, 0.15) is 6.04 Å². The summed E-state index contributed by atoms with van der Waals surface area (Å²) in [5.41, 5.74) is 6.01. The van der Waals surface area contributed by atoms with Gasteiger partial charge in [0.2, 0.25) is 18.5 Å². The maximum Gasteiger partial charge on any atom is 0.510 e. The molecule has 0 radical (unpaired) electrons. The fraction of sp³-hybridized carbons (Fsp3) is 0.871. The number of carbonyl (C=O) groups excluding carboxylic acids is 2. The lowest BCUT2D eigenvalue weighted by Crippen LogP contribution is -2.44. The van der Waals surface area contributed by atoms with E-state index in [9.17, 15) is 24.1 Å². The first-order valence-electron chi connectivity index (χ1n) is 16.6. The topological polar surface area (TPSA) is 186 Å². The number of guanidine groups is 1. The van der Waals surface area contributed by atoms with Crippen molar-refractivity contribution >= 4 is 32.0 Å². The molecule has 0 aromatic heterocycles. The highest BCUT2D eigenvalue weighted by molar-refractivity contribution is 7.52. The average molecular weight is 682 g/mol. The van der Waals surface area contributed by atoms with Crippen molar-refractivity contribution in [3.05, 3.63) is 0 Å². The maximum atomic E-state index is 14.1. The van der Waals surface area contributed by atoms with E-state index in [0.717, 1.165) is 69.1 Å². The van der Waals surface area contributed by atoms with E-state index in [1.165, 1.54) is 14.0 Å². The van der Waals surface area contributed by atoms with Gasteiger partial charge in [0.05, 0.1) is 13.2 Å². The van der Waals surface area contributed by atoms with Crippen LogP contribution in [0.4, 0.5) is 9.59 Å². The highest BCUT2D eigenvalue weighted by Gasteiger charge is 2.39. The molecule has 0 aliphatic rings. The maximum absolute atomic E-state index is 14.1. The molecule has 3 unspecified atom stereocenters. The molecule has 0 bridgehead atoms. The van der Waals surface area contributed by atoms with Crippen LogP contribution >= 0.6 is 7.75 Å². The van der Waals surface area contributed by atoms with Gasteiger partial charge in [-0.3, -0.25) is 0 Å². The van der Waals surface area contributed by atoms with Crippen LogP contribution in [0.25, 0.3) is 0 Å². The molecule has 0 rings (SSSR count). The molecule has 14 nitrogen and oxygen atoms in total. The molecule has 0 fully saturated rings. The third-order valence-electron chi connectivity index (χ3n) is 6.95. The molecule has 270 valence electrons. The minimum Gasteiger partial charge on any atom is -0.480 e. The SMILES string of the molecule is CCCCCCCCOC(=O)OC(OP(=O)(N=C(N)N(C)C(C)C(=O)O)OC(OC(=O)OCCCCCCCC)C(C)C)C(C)C. The molecular formula is C31H60N3O11P. The molecule has 0 aliphatic carbocycles. The molecule has 0 aromatic carbocycles. The Hall–Kier alpha value is -2.57. The predicted octanol–water partition coefficient (Wildman–Crippen LogP) is 7.84. The van der Waals surface area contributed by atoms with Crippen LogP contribution in [-0.4, -0.2) is 73.1 Å². The summed E-state index contributed by atoms with van der Waals surface area (Å²) in [6.07, 6.45) is 6.93. The normalized spacial score (nSPS) is 15.1. The van der Waals surface area contributed by atoms with E-state index in [0.29, 0.717) is 12.8 Å². The van der Waals surface area contributed by atoms with Crippen molar-refractivity contribution in [2.75, 3.05) is 20.3 Å². The van der Waals surface area contributed by atoms with Crippen molar-refractivity contribution in [3.63, 3.8) is 0 Å². The molecule has 0 spiro atoms. The van der Waals surface area contributed by atoms with Crippen LogP contribution in [0.3, 0.4) is 0 Å². The largest absolute Gasteiger partial charge is 0.510 e. The van der Waals surface area contributed by atoms with E-state index < -0.39 is 62.4 Å². The Bertz CT molecular complexity index is 899. The molecule has 0 heterocycles. The second kappa shape index (κ2) is 24.6. The summed E-state index contributed by atoms with van der Waals surface area (Å²) in [7, 11) is -3.44. The van der Waals surface area contributed by atoms with Crippen molar-refractivity contribution in [1.29, 1.82) is 0 Å². The lowest BCUT2D eigenvalue weighted by molar-refractivity contribution is -0.141. The lowest BCUT2D eigenvalue weighted by atomic mass is 10.1. The second-order valence-electron chi connectivity index (χ2n) is 12.0. The van der Waals surface area contributed by atoms with Crippen LogP contribution in [0.2, 0.25) is 0 Å². The van der Waals surface area contributed by atoms with Crippen LogP contribution in [0, 0.1) is 11.8 Å². The van der Waals surface area contributed by atoms with E-state index in [1.54, 1.807) is 27.7 Å². The third kappa shape index (κ3) is 19.8. The van der Waals surface area contributed by atoms with Gasteiger partial charge < -0.3 is 34.7 Å². The molecule has 46 heavy (non-hydrogen) atoms. The molecule has 3 N–H and O–H groups in total. The minimum atomic E-state index is -4.76. The van der Waals surface area contributed by atoms with E-state index in [2.05, 4.69) is 18.6 Å². The average Bonchev–Trinajstić information content (AvgIpc) is 2.98. The van der Waals surface area contributed by atoms with Crippen molar-refractivity contribution in [2.45, 2.75) is 144 Å². The Morgan fingerprint density at radius 1 is 0.717 bits per heavy atom. The van der Waals surface area contributed by atoms with Gasteiger partial charge in [-0.15, -0.1) is 4.76 Å². The van der Waals surface area contributed by atoms with Crippen LogP contribution < -0.4 is 5.73 Å². The molecular weight excluding hydrogens is 621 g/mol. The number of carboxylic acids is 1. The van der Waals surface area contributed by atoms with E-state index in [4.69, 9.17) is 33.7 Å². The summed E-state index contributed by atoms with van der Waals surface area (Å²) >= 11 is 0. The number of rotatable bonds is 25. The number of nitrogens with two attached hydrogens (primary N) is 1. The van der Waals surface area contributed by atoms with Crippen molar-refractivity contribution in [2.24, 2.45) is 22.3 Å². The standard InChI is InChI=1S/C31H60N3O11P/c1-9-11-13-15-17-19-21-40-30(37)42-27(23(3)4)44-46(39,33-29(32)34(8)25(7)26(35)36)45-28(24(5)6)43-31(38)41-22-20-18-16-14-12-10-2/h23-25,27-28H,9-22H2,1-8H3,(H,35,36)(H2,32,33,39). The molecule has 0 saturated heterocycles. The Morgan fingerprint density at radius 3 is 1.43 bits per heavy atom. The molecule has 0 amide bonds. The van der Waals surface area contributed by atoms with Crippen molar-refractivity contribution in [3.8, 4) is 0 Å². The number of likely N-dealkylation sites (N-methyl/N-ethyl adjacent to an activating group) is 1. The second-order valence-corrected chi connectivity index (χ2v) is 13.5. The number of carboxylic acid groups (broad SMARTS) is 1. The van der Waals surface area contributed by atoms with Gasteiger partial charge in [-0.2, -0.15) is 0 Å². The van der Waals surface area contributed by atoms with Gasteiger partial charge in [0, 0.05) is 18.9 Å². The lowest BCUT2D eigenvalue weighted by Gasteiger charge is -2.29. The molecule has 0 saturated carbocycles. The Morgan fingerprint density at radius 2 is 1.09 bits per heavy atom. The number of hydrogen-bond acceptors (Lipinski definition) is 10. The molecule has 15 heteroatoms. The van der Waals surface area contributed by atoms with Gasteiger partial charge in [-0.25, -0.2) is 28.0 Å². The van der Waals surface area contributed by atoms with E-state index in [1.807, 2.05) is 0 Å². The van der Waals surface area contributed by atoms with Crippen molar-refractivity contribution < 1.29 is 52.1 Å². The highest BCUT2D eigenvalue weighted by atomic mass is 31.2. The fourth-order valence-corrected chi connectivity index (χ4v) is 5.42. The number of aliphatic carboxylic acids is 1. The highest BCUT2D eigenvalue weighted by Crippen LogP contribution is 2.54. The quantitative estimate of drug-likeness (QED) is 0.0237. The minimum absolute atomic E-state index is 0.136. The molecule has 0 aromatic rings. The number of hydrogen-bond donors (Lipinski definition) is 2. The predicted molar refractivity (Wildman–Crippen MR) is 175 cm³/mol. The summed E-state index contributed by atoms with van der Waals surface area (Å²) in [5, 5.41) is 9.39. The van der Waals surface area contributed by atoms with E-state index >= 15 is 0 Å². The number of unbranched alkanes of at least 4 members (excludes halogenated alkanes) is 10. The monoisotopic (exact) mass is 681 g/mol. The number of carbonyl (C=O) groups is 3. The van der Waals surface area contributed by atoms with Crippen LogP contribution in [0.1, 0.15) is 126 Å². The smallest absolute Gasteiger partial charge is 0.480 e. The zero-order valence-electron chi connectivity index (χ0n) is 29.2. The zero-order valence-corrected chi connectivity index (χ0v) is 30.1. The fourth-order valence-electron chi connectivity index (χ4n) is 3.79. The molecule has 3 atom stereocenters. The first-order chi connectivity index (χ1) is 21.7. The van der Waals surface area contributed by atoms with Gasteiger partial charge in [-0.05, 0) is 19.8 Å². The van der Waals surface area contributed by atoms with Gasteiger partial charge in [0.15, 0.2) is 0 Å². The number of nitrogens with zero attached hydrogens (tertiary/aromatic N) is 2. The Balaban J connectivity index is 5.75. The summed E-state index contributed by atoms with van der Waals surface area (Å²) < 4.78 is 50.3. The van der Waals surface area contributed by atoms with Gasteiger partial charge in [-0.1, -0.05) is 106 Å². The van der Waals surface area contributed by atoms with Crippen LogP contribution in [-0.2, 0) is 37.4 Å². The van der Waals surface area contributed by atoms with E-state index in [-0.39, 0.29) is 13.2 Å². The van der Waals surface area contributed by atoms with Gasteiger partial charge in [0.25, 0.3) is 0 Å². The molecule has 0 aliphatic heterocycles. The Kier molecular flexibility index (Phi) is 23.2. The summed E-state index contributed by atoms with van der Waals surface area (Å²) in [6, 6.07) is -1.15. The van der Waals surface area contributed by atoms with Gasteiger partial charge >= 0.3 is 26.0 Å². The van der Waals surface area contributed by atoms with Crippen molar-refractivity contribution in [1.82, 2.24) is 4.90 Å².